The van der Waals surface area contributed by atoms with Gasteiger partial charge >= 0.3 is 0 Å². The van der Waals surface area contributed by atoms with Crippen LogP contribution in [0.3, 0.4) is 0 Å². The summed E-state index contributed by atoms with van der Waals surface area (Å²) in [6.45, 7) is 0. The van der Waals surface area contributed by atoms with E-state index in [4.69, 9.17) is 9.47 Å². The minimum absolute atomic E-state index is 0.512. The fourth-order valence-corrected chi connectivity index (χ4v) is 1.94. The van der Waals surface area contributed by atoms with Gasteiger partial charge in [-0.25, -0.2) is 5.06 Å². The van der Waals surface area contributed by atoms with Crippen molar-refractivity contribution < 1.29 is 14.7 Å². The molecule has 2 aromatic carbocycles. The quantitative estimate of drug-likeness (QED) is 0.854. The molecule has 0 aliphatic heterocycles. The summed E-state index contributed by atoms with van der Waals surface area (Å²) in [4.78, 5) is 0. The lowest BCUT2D eigenvalue weighted by Gasteiger charge is -2.23. The van der Waals surface area contributed by atoms with E-state index in [1.807, 2.05) is 0 Å². The van der Waals surface area contributed by atoms with Crippen LogP contribution >= 0.6 is 0 Å². The van der Waals surface area contributed by atoms with E-state index in [0.29, 0.717) is 22.7 Å². The first kappa shape index (κ1) is 14.7. The van der Waals surface area contributed by atoms with Crippen LogP contribution in [0.25, 0.3) is 0 Å². The SMILES string of the molecule is COc1ccc(C(C#N)N(O)c2ccc(OC)cc2)cc1. The number of nitrogens with zero attached hydrogens (tertiary/aromatic N) is 2. The molecule has 0 aromatic heterocycles. The van der Waals surface area contributed by atoms with Gasteiger partial charge < -0.3 is 9.47 Å². The van der Waals surface area contributed by atoms with Crippen LogP contribution in [-0.4, -0.2) is 19.4 Å². The zero-order valence-electron chi connectivity index (χ0n) is 11.9. The molecule has 2 aromatic rings. The molecule has 0 amide bonds. The average Bonchev–Trinajstić information content (AvgIpc) is 2.56. The number of benzene rings is 2. The number of hydrogen-bond donors (Lipinski definition) is 1. The van der Waals surface area contributed by atoms with Gasteiger partial charge in [0.15, 0.2) is 6.04 Å². The zero-order chi connectivity index (χ0) is 15.2. The normalized spacial score (nSPS) is 11.3. The summed E-state index contributed by atoms with van der Waals surface area (Å²) in [7, 11) is 3.15. The van der Waals surface area contributed by atoms with E-state index in [2.05, 4.69) is 6.07 Å². The van der Waals surface area contributed by atoms with E-state index in [1.54, 1.807) is 62.8 Å². The van der Waals surface area contributed by atoms with Gasteiger partial charge in [-0.2, -0.15) is 5.26 Å². The van der Waals surface area contributed by atoms with Gasteiger partial charge in [0.2, 0.25) is 0 Å². The Morgan fingerprint density at radius 3 is 1.86 bits per heavy atom. The lowest BCUT2D eigenvalue weighted by molar-refractivity contribution is 0.236. The van der Waals surface area contributed by atoms with Crippen molar-refractivity contribution in [1.29, 1.82) is 5.26 Å². The number of hydroxylamine groups is 1. The molecule has 2 rings (SSSR count). The number of hydrogen-bond acceptors (Lipinski definition) is 5. The van der Waals surface area contributed by atoms with Crippen molar-refractivity contribution >= 4 is 5.69 Å². The summed E-state index contributed by atoms with van der Waals surface area (Å²) in [5.74, 6) is 1.38. The van der Waals surface area contributed by atoms with Gasteiger partial charge in [-0.05, 0) is 42.0 Å². The van der Waals surface area contributed by atoms with Gasteiger partial charge in [0.25, 0.3) is 0 Å². The number of nitriles is 1. The summed E-state index contributed by atoms with van der Waals surface area (Å²) >= 11 is 0. The van der Waals surface area contributed by atoms with Crippen LogP contribution in [0.1, 0.15) is 11.6 Å². The topological polar surface area (TPSA) is 65.7 Å². The lowest BCUT2D eigenvalue weighted by atomic mass is 10.1. The molecule has 1 N–H and O–H groups in total. The second kappa shape index (κ2) is 6.64. The molecule has 0 spiro atoms. The zero-order valence-corrected chi connectivity index (χ0v) is 11.9. The third-order valence-electron chi connectivity index (χ3n) is 3.14. The molecular weight excluding hydrogens is 268 g/mol. The van der Waals surface area contributed by atoms with E-state index in [0.717, 1.165) is 5.06 Å². The summed E-state index contributed by atoms with van der Waals surface area (Å²) in [5.41, 5.74) is 1.19. The Kier molecular flexibility index (Phi) is 4.64. The minimum atomic E-state index is -0.802. The first-order valence-corrected chi connectivity index (χ1v) is 6.35. The monoisotopic (exact) mass is 284 g/mol. The lowest BCUT2D eigenvalue weighted by Crippen LogP contribution is -2.23. The predicted molar refractivity (Wildman–Crippen MR) is 78.6 cm³/mol. The van der Waals surface area contributed by atoms with E-state index in [1.165, 1.54) is 0 Å². The van der Waals surface area contributed by atoms with Gasteiger partial charge in [0.05, 0.1) is 26.0 Å². The summed E-state index contributed by atoms with van der Waals surface area (Å²) < 4.78 is 10.1. The maximum absolute atomic E-state index is 10.3. The smallest absolute Gasteiger partial charge is 0.167 e. The molecule has 5 nitrogen and oxygen atoms in total. The molecule has 0 saturated carbocycles. The second-order valence-electron chi connectivity index (χ2n) is 4.35. The van der Waals surface area contributed by atoms with Crippen molar-refractivity contribution in [3.63, 3.8) is 0 Å². The summed E-state index contributed by atoms with van der Waals surface area (Å²) in [6.07, 6.45) is 0. The fourth-order valence-electron chi connectivity index (χ4n) is 1.94. The molecule has 0 bridgehead atoms. The molecule has 108 valence electrons. The molecule has 5 heteroatoms. The highest BCUT2D eigenvalue weighted by Gasteiger charge is 2.19. The third kappa shape index (κ3) is 3.25. The Morgan fingerprint density at radius 1 is 0.952 bits per heavy atom. The summed E-state index contributed by atoms with van der Waals surface area (Å²) in [5, 5.41) is 20.5. The van der Waals surface area contributed by atoms with Gasteiger partial charge in [0, 0.05) is 0 Å². The van der Waals surface area contributed by atoms with Crippen molar-refractivity contribution in [3.05, 3.63) is 54.1 Å². The van der Waals surface area contributed by atoms with Crippen molar-refractivity contribution in [2.75, 3.05) is 19.3 Å². The molecule has 0 aliphatic rings. The Hall–Kier alpha value is -2.71. The molecule has 0 saturated heterocycles. The van der Waals surface area contributed by atoms with Crippen molar-refractivity contribution in [2.45, 2.75) is 6.04 Å². The van der Waals surface area contributed by atoms with Crippen LogP contribution in [0, 0.1) is 11.3 Å². The maximum atomic E-state index is 10.3. The van der Waals surface area contributed by atoms with Crippen LogP contribution < -0.4 is 14.5 Å². The van der Waals surface area contributed by atoms with Crippen molar-refractivity contribution in [3.8, 4) is 17.6 Å². The fraction of sp³-hybridized carbons (Fsp3) is 0.188. The standard InChI is InChI=1S/C16H16N2O3/c1-20-14-7-3-12(4-8-14)16(11-17)18(19)13-5-9-15(21-2)10-6-13/h3-10,16,19H,1-2H3. The Morgan fingerprint density at radius 2 is 1.43 bits per heavy atom. The molecular formula is C16H16N2O3. The van der Waals surface area contributed by atoms with Crippen molar-refractivity contribution in [1.82, 2.24) is 0 Å². The molecule has 21 heavy (non-hydrogen) atoms. The number of methoxy groups -OCH3 is 2. The molecule has 0 heterocycles. The summed E-state index contributed by atoms with van der Waals surface area (Å²) in [6, 6.07) is 15.1. The first-order chi connectivity index (χ1) is 10.2. The van der Waals surface area contributed by atoms with Crippen molar-refractivity contribution in [2.24, 2.45) is 0 Å². The minimum Gasteiger partial charge on any atom is -0.497 e. The van der Waals surface area contributed by atoms with Gasteiger partial charge in [-0.1, -0.05) is 12.1 Å². The highest BCUT2D eigenvalue weighted by molar-refractivity contribution is 5.50. The van der Waals surface area contributed by atoms with E-state index >= 15 is 0 Å². The van der Waals surface area contributed by atoms with Gasteiger partial charge in [-0.3, -0.25) is 5.21 Å². The van der Waals surface area contributed by atoms with E-state index in [9.17, 15) is 10.5 Å². The van der Waals surface area contributed by atoms with E-state index in [-0.39, 0.29) is 0 Å². The average molecular weight is 284 g/mol. The van der Waals surface area contributed by atoms with Crippen LogP contribution in [0.15, 0.2) is 48.5 Å². The highest BCUT2D eigenvalue weighted by Crippen LogP contribution is 2.27. The Balaban J connectivity index is 2.24. The maximum Gasteiger partial charge on any atom is 0.167 e. The van der Waals surface area contributed by atoms with Crippen LogP contribution in [0.4, 0.5) is 5.69 Å². The molecule has 1 atom stereocenters. The molecule has 0 fully saturated rings. The van der Waals surface area contributed by atoms with Crippen LogP contribution in [0.2, 0.25) is 0 Å². The Bertz CT molecular complexity index is 617. The number of anilines is 1. The largest absolute Gasteiger partial charge is 0.497 e. The van der Waals surface area contributed by atoms with Gasteiger partial charge in [0.1, 0.15) is 11.5 Å². The van der Waals surface area contributed by atoms with Gasteiger partial charge in [-0.15, -0.1) is 0 Å². The first-order valence-electron chi connectivity index (χ1n) is 6.35. The second-order valence-corrected chi connectivity index (χ2v) is 4.35. The Labute approximate surface area is 123 Å². The number of ether oxygens (including phenoxy) is 2. The number of rotatable bonds is 5. The highest BCUT2D eigenvalue weighted by atomic mass is 16.5. The predicted octanol–water partition coefficient (Wildman–Crippen LogP) is 3.16. The van der Waals surface area contributed by atoms with Crippen LogP contribution in [0.5, 0.6) is 11.5 Å². The molecule has 0 aliphatic carbocycles. The molecule has 1 unspecified atom stereocenters. The molecule has 0 radical (unpaired) electrons. The third-order valence-corrected chi connectivity index (χ3v) is 3.14. The van der Waals surface area contributed by atoms with Crippen LogP contribution in [-0.2, 0) is 0 Å². The van der Waals surface area contributed by atoms with E-state index < -0.39 is 6.04 Å².